The maximum Gasteiger partial charge on any atom is 0.255 e. The Bertz CT molecular complexity index is 409. The summed E-state index contributed by atoms with van der Waals surface area (Å²) in [6.07, 6.45) is 0. The first-order valence-corrected chi connectivity index (χ1v) is 6.22. The molecule has 0 aliphatic rings. The van der Waals surface area contributed by atoms with Gasteiger partial charge in [0.05, 0.1) is 19.8 Å². The Kier molecular flexibility index (Phi) is 5.78. The van der Waals surface area contributed by atoms with Gasteiger partial charge in [-0.15, -0.1) is 11.6 Å². The van der Waals surface area contributed by atoms with Crippen LogP contribution < -0.4 is 14.8 Å². The fraction of sp³-hybridized carbons (Fsp3) is 0.462. The Morgan fingerprint density at radius 2 is 2.11 bits per heavy atom. The van der Waals surface area contributed by atoms with Gasteiger partial charge in [0.25, 0.3) is 5.91 Å². The largest absolute Gasteiger partial charge is 0.497 e. The zero-order chi connectivity index (χ0) is 13.5. The summed E-state index contributed by atoms with van der Waals surface area (Å²) in [5.74, 6) is 1.72. The highest BCUT2D eigenvalue weighted by Crippen LogP contribution is 2.24. The Morgan fingerprint density at radius 1 is 1.39 bits per heavy atom. The number of carbonyl (C=O) groups is 1. The molecule has 1 rings (SSSR count). The Hall–Kier alpha value is -1.42. The van der Waals surface area contributed by atoms with E-state index in [4.69, 9.17) is 21.1 Å². The summed E-state index contributed by atoms with van der Waals surface area (Å²) in [5, 5.41) is 2.82. The van der Waals surface area contributed by atoms with Crippen LogP contribution in [-0.2, 0) is 0 Å². The van der Waals surface area contributed by atoms with Gasteiger partial charge in [0.1, 0.15) is 11.5 Å². The molecule has 4 nitrogen and oxygen atoms in total. The smallest absolute Gasteiger partial charge is 0.255 e. The predicted molar refractivity (Wildman–Crippen MR) is 71.8 cm³/mol. The van der Waals surface area contributed by atoms with Gasteiger partial charge in [-0.25, -0.2) is 0 Å². The van der Waals surface area contributed by atoms with Crippen molar-refractivity contribution in [3.05, 3.63) is 23.8 Å². The first-order valence-electron chi connectivity index (χ1n) is 5.68. The molecule has 0 saturated carbocycles. The molecule has 0 spiro atoms. The third-order valence-corrected chi connectivity index (χ3v) is 3.05. The van der Waals surface area contributed by atoms with E-state index in [9.17, 15) is 4.79 Å². The number of hydrogen-bond acceptors (Lipinski definition) is 3. The molecule has 0 radical (unpaired) electrons. The van der Waals surface area contributed by atoms with E-state index in [1.165, 1.54) is 7.11 Å². The van der Waals surface area contributed by atoms with Gasteiger partial charge in [-0.05, 0) is 18.1 Å². The van der Waals surface area contributed by atoms with Gasteiger partial charge in [0.15, 0.2) is 0 Å². The van der Waals surface area contributed by atoms with E-state index in [2.05, 4.69) is 5.32 Å². The SMILES string of the molecule is COc1ccc(C(=O)NCC(C)CCl)c(OC)c1. The third-order valence-electron chi connectivity index (χ3n) is 2.53. The second-order valence-corrected chi connectivity index (χ2v) is 4.34. The normalized spacial score (nSPS) is 11.8. The van der Waals surface area contributed by atoms with Crippen LogP contribution in [-0.4, -0.2) is 32.6 Å². The molecule has 1 aromatic carbocycles. The summed E-state index contributed by atoms with van der Waals surface area (Å²) < 4.78 is 10.3. The summed E-state index contributed by atoms with van der Waals surface area (Å²) in [6, 6.07) is 5.08. The topological polar surface area (TPSA) is 47.6 Å². The van der Waals surface area contributed by atoms with Gasteiger partial charge in [0.2, 0.25) is 0 Å². The molecule has 0 aromatic heterocycles. The molecule has 1 aromatic rings. The third kappa shape index (κ3) is 3.81. The van der Waals surface area contributed by atoms with Crippen molar-refractivity contribution < 1.29 is 14.3 Å². The van der Waals surface area contributed by atoms with Crippen LogP contribution in [0.4, 0.5) is 0 Å². The van der Waals surface area contributed by atoms with Crippen molar-refractivity contribution in [2.75, 3.05) is 26.6 Å². The van der Waals surface area contributed by atoms with Crippen molar-refractivity contribution in [1.82, 2.24) is 5.32 Å². The van der Waals surface area contributed by atoms with E-state index >= 15 is 0 Å². The molecule has 0 bridgehead atoms. The lowest BCUT2D eigenvalue weighted by molar-refractivity contribution is 0.0946. The van der Waals surface area contributed by atoms with Gasteiger partial charge >= 0.3 is 0 Å². The molecule has 0 saturated heterocycles. The molecule has 1 unspecified atom stereocenters. The second-order valence-electron chi connectivity index (χ2n) is 4.04. The second kappa shape index (κ2) is 7.11. The van der Waals surface area contributed by atoms with Gasteiger partial charge in [-0.1, -0.05) is 6.92 Å². The highest BCUT2D eigenvalue weighted by atomic mass is 35.5. The number of rotatable bonds is 6. The van der Waals surface area contributed by atoms with Crippen molar-refractivity contribution in [2.24, 2.45) is 5.92 Å². The number of methoxy groups -OCH3 is 2. The van der Waals surface area contributed by atoms with Crippen molar-refractivity contribution in [2.45, 2.75) is 6.92 Å². The Balaban J connectivity index is 2.78. The molecule has 0 fully saturated rings. The van der Waals surface area contributed by atoms with Crippen LogP contribution in [0.2, 0.25) is 0 Å². The Labute approximate surface area is 112 Å². The van der Waals surface area contributed by atoms with Crippen LogP contribution in [0.1, 0.15) is 17.3 Å². The van der Waals surface area contributed by atoms with Crippen LogP contribution in [0.5, 0.6) is 11.5 Å². The quantitative estimate of drug-likeness (QED) is 0.808. The van der Waals surface area contributed by atoms with Crippen molar-refractivity contribution >= 4 is 17.5 Å². The Morgan fingerprint density at radius 3 is 2.67 bits per heavy atom. The van der Waals surface area contributed by atoms with Crippen LogP contribution in [0, 0.1) is 5.92 Å². The standard InChI is InChI=1S/C13H18ClNO3/c1-9(7-14)8-15-13(16)11-5-4-10(17-2)6-12(11)18-3/h4-6,9H,7-8H2,1-3H3,(H,15,16). The maximum atomic E-state index is 12.0. The number of hydrogen-bond donors (Lipinski definition) is 1. The zero-order valence-corrected chi connectivity index (χ0v) is 11.6. The summed E-state index contributed by atoms with van der Waals surface area (Å²) in [7, 11) is 3.09. The van der Waals surface area contributed by atoms with Crippen LogP contribution >= 0.6 is 11.6 Å². The molecule has 1 amide bonds. The van der Waals surface area contributed by atoms with Gasteiger partial charge < -0.3 is 14.8 Å². The fourth-order valence-electron chi connectivity index (χ4n) is 1.40. The molecule has 1 atom stereocenters. The number of ether oxygens (including phenoxy) is 2. The highest BCUT2D eigenvalue weighted by molar-refractivity contribution is 6.18. The minimum absolute atomic E-state index is 0.175. The van der Waals surface area contributed by atoms with Crippen LogP contribution in [0.25, 0.3) is 0 Å². The lowest BCUT2D eigenvalue weighted by Gasteiger charge is -2.12. The van der Waals surface area contributed by atoms with E-state index < -0.39 is 0 Å². The van der Waals surface area contributed by atoms with E-state index in [-0.39, 0.29) is 11.8 Å². The molecular weight excluding hydrogens is 254 g/mol. The average Bonchev–Trinajstić information content (AvgIpc) is 2.43. The van der Waals surface area contributed by atoms with Crippen LogP contribution in [0.15, 0.2) is 18.2 Å². The van der Waals surface area contributed by atoms with E-state index in [1.807, 2.05) is 6.92 Å². The van der Waals surface area contributed by atoms with E-state index in [1.54, 1.807) is 25.3 Å². The maximum absolute atomic E-state index is 12.0. The lowest BCUT2D eigenvalue weighted by Crippen LogP contribution is -2.29. The molecule has 18 heavy (non-hydrogen) atoms. The van der Waals surface area contributed by atoms with Gasteiger partial charge in [-0.2, -0.15) is 0 Å². The highest BCUT2D eigenvalue weighted by Gasteiger charge is 2.13. The molecule has 5 heteroatoms. The monoisotopic (exact) mass is 271 g/mol. The molecular formula is C13H18ClNO3. The zero-order valence-electron chi connectivity index (χ0n) is 10.8. The summed E-state index contributed by atoms with van der Waals surface area (Å²) >= 11 is 5.69. The minimum Gasteiger partial charge on any atom is -0.497 e. The van der Waals surface area contributed by atoms with Crippen molar-refractivity contribution in [3.8, 4) is 11.5 Å². The average molecular weight is 272 g/mol. The molecule has 0 aliphatic carbocycles. The predicted octanol–water partition coefficient (Wildman–Crippen LogP) is 2.31. The van der Waals surface area contributed by atoms with Gasteiger partial charge in [-0.3, -0.25) is 4.79 Å². The number of nitrogens with one attached hydrogen (secondary N) is 1. The first-order chi connectivity index (χ1) is 8.62. The molecule has 0 heterocycles. The summed E-state index contributed by atoms with van der Waals surface area (Å²) in [4.78, 5) is 12.0. The molecule has 100 valence electrons. The van der Waals surface area contributed by atoms with E-state index in [0.29, 0.717) is 29.5 Å². The number of alkyl halides is 1. The van der Waals surface area contributed by atoms with E-state index in [0.717, 1.165) is 0 Å². The number of carbonyl (C=O) groups excluding carboxylic acids is 1. The lowest BCUT2D eigenvalue weighted by atomic mass is 10.1. The van der Waals surface area contributed by atoms with Crippen molar-refractivity contribution in [3.63, 3.8) is 0 Å². The molecule has 1 N–H and O–H groups in total. The summed E-state index contributed by atoms with van der Waals surface area (Å²) in [6.45, 7) is 2.51. The molecule has 0 aliphatic heterocycles. The number of amides is 1. The minimum atomic E-state index is -0.175. The fourth-order valence-corrected chi connectivity index (χ4v) is 1.51. The van der Waals surface area contributed by atoms with Gasteiger partial charge in [0, 0.05) is 18.5 Å². The summed E-state index contributed by atoms with van der Waals surface area (Å²) in [5.41, 5.74) is 0.486. The van der Waals surface area contributed by atoms with Crippen molar-refractivity contribution in [1.29, 1.82) is 0 Å². The number of halogens is 1. The number of benzene rings is 1. The first kappa shape index (κ1) is 14.6. The van der Waals surface area contributed by atoms with Crippen LogP contribution in [0.3, 0.4) is 0 Å².